The minimum atomic E-state index is -2.17. The zero-order valence-electron chi connectivity index (χ0n) is 9.46. The zero-order valence-corrected chi connectivity index (χ0v) is 9.46. The highest BCUT2D eigenvalue weighted by molar-refractivity contribution is 6.30. The summed E-state index contributed by atoms with van der Waals surface area (Å²) in [5.41, 5.74) is 1.40. The first kappa shape index (κ1) is 14.1. The third-order valence-electron chi connectivity index (χ3n) is 1.50. The van der Waals surface area contributed by atoms with Gasteiger partial charge in [-0.2, -0.15) is 0 Å². The Labute approximate surface area is 91.2 Å². The SMILES string of the molecule is C[N+](C)(C)Cc1ccccc1.OB(O)O. The molecule has 15 heavy (non-hydrogen) atoms. The van der Waals surface area contributed by atoms with E-state index in [-0.39, 0.29) is 0 Å². The molecule has 0 saturated carbocycles. The van der Waals surface area contributed by atoms with E-state index in [4.69, 9.17) is 15.1 Å². The standard InChI is InChI=1S/C10H16N.BH3O3/c1-11(2,3)9-10-7-5-4-6-8-10;2-1(3)4/h4-8H,9H2,1-3H3;2-4H/q+1;. The molecule has 0 aliphatic rings. The van der Waals surface area contributed by atoms with Crippen molar-refractivity contribution in [2.24, 2.45) is 0 Å². The lowest BCUT2D eigenvalue weighted by molar-refractivity contribution is -0.884. The Morgan fingerprint density at radius 1 is 1.00 bits per heavy atom. The van der Waals surface area contributed by atoms with E-state index in [2.05, 4.69) is 51.5 Å². The molecule has 1 aromatic carbocycles. The molecule has 0 aliphatic carbocycles. The molecule has 0 bridgehead atoms. The first-order valence-electron chi connectivity index (χ1n) is 4.70. The number of benzene rings is 1. The van der Waals surface area contributed by atoms with Crippen molar-refractivity contribution in [3.05, 3.63) is 35.9 Å². The molecule has 0 amide bonds. The fourth-order valence-corrected chi connectivity index (χ4v) is 1.13. The monoisotopic (exact) mass is 212 g/mol. The number of hydrogen-bond donors (Lipinski definition) is 3. The van der Waals surface area contributed by atoms with Crippen molar-refractivity contribution < 1.29 is 19.6 Å². The van der Waals surface area contributed by atoms with Crippen molar-refractivity contribution in [2.75, 3.05) is 21.1 Å². The minimum absolute atomic E-state index is 0.990. The summed E-state index contributed by atoms with van der Waals surface area (Å²) in [5, 5.41) is 21.5. The Bertz CT molecular complexity index is 256. The van der Waals surface area contributed by atoms with Gasteiger partial charge in [0.05, 0.1) is 21.1 Å². The van der Waals surface area contributed by atoms with Crippen molar-refractivity contribution in [2.45, 2.75) is 6.54 Å². The molecule has 84 valence electrons. The molecule has 3 N–H and O–H groups in total. The fraction of sp³-hybridized carbons (Fsp3) is 0.400. The summed E-state index contributed by atoms with van der Waals surface area (Å²) < 4.78 is 0.990. The highest BCUT2D eigenvalue weighted by Crippen LogP contribution is 2.05. The van der Waals surface area contributed by atoms with Crippen LogP contribution in [0.4, 0.5) is 0 Å². The van der Waals surface area contributed by atoms with E-state index in [1.165, 1.54) is 5.56 Å². The normalized spacial score (nSPS) is 10.3. The average molecular weight is 212 g/mol. The maximum atomic E-state index is 7.17. The zero-order chi connectivity index (χ0) is 11.9. The lowest BCUT2D eigenvalue weighted by Gasteiger charge is -2.23. The Kier molecular flexibility index (Phi) is 6.20. The molecule has 0 atom stereocenters. The minimum Gasteiger partial charge on any atom is -0.402 e. The second-order valence-corrected chi connectivity index (χ2v) is 4.28. The van der Waals surface area contributed by atoms with E-state index in [0.29, 0.717) is 0 Å². The van der Waals surface area contributed by atoms with Gasteiger partial charge in [-0.05, 0) is 0 Å². The van der Waals surface area contributed by atoms with Crippen LogP contribution in [0.5, 0.6) is 0 Å². The third-order valence-corrected chi connectivity index (χ3v) is 1.50. The van der Waals surface area contributed by atoms with Crippen molar-refractivity contribution >= 4 is 7.32 Å². The summed E-state index contributed by atoms with van der Waals surface area (Å²) in [5.74, 6) is 0. The molecule has 0 radical (unpaired) electrons. The maximum absolute atomic E-state index is 7.17. The molecule has 1 aromatic rings. The van der Waals surface area contributed by atoms with Gasteiger partial charge in [-0.3, -0.25) is 0 Å². The van der Waals surface area contributed by atoms with Crippen LogP contribution in [0.15, 0.2) is 30.3 Å². The largest absolute Gasteiger partial charge is 0.631 e. The van der Waals surface area contributed by atoms with Crippen molar-refractivity contribution in [1.82, 2.24) is 0 Å². The third kappa shape index (κ3) is 11.0. The van der Waals surface area contributed by atoms with Crippen LogP contribution in [-0.4, -0.2) is 48.0 Å². The molecule has 0 fully saturated rings. The van der Waals surface area contributed by atoms with Crippen LogP contribution >= 0.6 is 0 Å². The summed E-state index contributed by atoms with van der Waals surface area (Å²) in [6.07, 6.45) is 0. The van der Waals surface area contributed by atoms with Crippen LogP contribution in [0.1, 0.15) is 5.56 Å². The van der Waals surface area contributed by atoms with Crippen LogP contribution in [-0.2, 0) is 6.54 Å². The second kappa shape index (κ2) is 6.58. The summed E-state index contributed by atoms with van der Waals surface area (Å²) in [6.45, 7) is 1.10. The van der Waals surface area contributed by atoms with Crippen LogP contribution in [0.25, 0.3) is 0 Å². The fourth-order valence-electron chi connectivity index (χ4n) is 1.13. The Morgan fingerprint density at radius 3 is 1.73 bits per heavy atom. The second-order valence-electron chi connectivity index (χ2n) is 4.28. The molecular weight excluding hydrogens is 193 g/mol. The highest BCUT2D eigenvalue weighted by Gasteiger charge is 2.06. The van der Waals surface area contributed by atoms with Crippen molar-refractivity contribution in [3.8, 4) is 0 Å². The van der Waals surface area contributed by atoms with Crippen LogP contribution < -0.4 is 0 Å². The Hall–Kier alpha value is -0.875. The van der Waals surface area contributed by atoms with Gasteiger partial charge in [-0.1, -0.05) is 30.3 Å². The van der Waals surface area contributed by atoms with E-state index >= 15 is 0 Å². The van der Waals surface area contributed by atoms with Crippen molar-refractivity contribution in [1.29, 1.82) is 0 Å². The van der Waals surface area contributed by atoms with E-state index in [1.807, 2.05) is 0 Å². The number of hydrogen-bond acceptors (Lipinski definition) is 3. The summed E-state index contributed by atoms with van der Waals surface area (Å²) >= 11 is 0. The topological polar surface area (TPSA) is 60.7 Å². The van der Waals surface area contributed by atoms with Gasteiger partial charge < -0.3 is 19.6 Å². The van der Waals surface area contributed by atoms with E-state index in [0.717, 1.165) is 11.0 Å². The molecule has 0 saturated heterocycles. The van der Waals surface area contributed by atoms with Gasteiger partial charge in [-0.25, -0.2) is 0 Å². The quantitative estimate of drug-likeness (QED) is 0.471. The lowest BCUT2D eigenvalue weighted by Crippen LogP contribution is -2.33. The van der Waals surface area contributed by atoms with Gasteiger partial charge in [0.1, 0.15) is 6.54 Å². The van der Waals surface area contributed by atoms with E-state index in [9.17, 15) is 0 Å². The summed E-state index contributed by atoms with van der Waals surface area (Å²) in [4.78, 5) is 0. The van der Waals surface area contributed by atoms with Gasteiger partial charge in [0.25, 0.3) is 0 Å². The predicted octanol–water partition coefficient (Wildman–Crippen LogP) is -0.159. The highest BCUT2D eigenvalue weighted by atomic mass is 16.5. The first-order chi connectivity index (χ1) is 6.81. The number of quaternary nitrogens is 1. The molecule has 0 spiro atoms. The summed E-state index contributed by atoms with van der Waals surface area (Å²) in [7, 11) is 4.44. The van der Waals surface area contributed by atoms with E-state index in [1.54, 1.807) is 0 Å². The van der Waals surface area contributed by atoms with Gasteiger partial charge >= 0.3 is 7.32 Å². The van der Waals surface area contributed by atoms with Crippen LogP contribution in [0.2, 0.25) is 0 Å². The van der Waals surface area contributed by atoms with Gasteiger partial charge in [0.2, 0.25) is 0 Å². The van der Waals surface area contributed by atoms with Gasteiger partial charge in [0.15, 0.2) is 0 Å². The lowest BCUT2D eigenvalue weighted by atomic mass is 10.2. The van der Waals surface area contributed by atoms with Gasteiger partial charge in [0, 0.05) is 5.56 Å². The average Bonchev–Trinajstić information content (AvgIpc) is 2.01. The summed E-state index contributed by atoms with van der Waals surface area (Å²) in [6, 6.07) is 10.6. The first-order valence-corrected chi connectivity index (χ1v) is 4.70. The van der Waals surface area contributed by atoms with E-state index < -0.39 is 7.32 Å². The maximum Gasteiger partial charge on any atom is 0.631 e. The molecule has 4 nitrogen and oxygen atoms in total. The Balaban J connectivity index is 0.000000423. The van der Waals surface area contributed by atoms with Crippen molar-refractivity contribution in [3.63, 3.8) is 0 Å². The number of rotatable bonds is 2. The molecule has 0 heterocycles. The molecule has 0 unspecified atom stereocenters. The molecule has 0 aliphatic heterocycles. The molecule has 5 heteroatoms. The smallest absolute Gasteiger partial charge is 0.402 e. The molecule has 1 rings (SSSR count). The molecule has 0 aromatic heterocycles. The Morgan fingerprint density at radius 2 is 1.40 bits per heavy atom. The predicted molar refractivity (Wildman–Crippen MR) is 60.6 cm³/mol. The molecular formula is C10H19BNO3+. The van der Waals surface area contributed by atoms with Crippen LogP contribution in [0.3, 0.4) is 0 Å². The van der Waals surface area contributed by atoms with Gasteiger partial charge in [-0.15, -0.1) is 0 Å². The van der Waals surface area contributed by atoms with Crippen LogP contribution in [0, 0.1) is 0 Å². The number of nitrogens with zero attached hydrogens (tertiary/aromatic N) is 1.